The highest BCUT2D eigenvalue weighted by Crippen LogP contribution is 2.32. The molecule has 0 N–H and O–H groups in total. The van der Waals surface area contributed by atoms with E-state index in [0.29, 0.717) is 16.4 Å². The van der Waals surface area contributed by atoms with E-state index < -0.39 is 0 Å². The topological polar surface area (TPSA) is 59.5 Å². The van der Waals surface area contributed by atoms with Crippen molar-refractivity contribution in [2.24, 2.45) is 0 Å². The number of aryl methyl sites for hydroxylation is 3. The summed E-state index contributed by atoms with van der Waals surface area (Å²) in [5, 5.41) is 2.36. The Labute approximate surface area is 168 Å². The van der Waals surface area contributed by atoms with Gasteiger partial charge in [-0.05, 0) is 44.0 Å². The number of hydrogen-bond acceptors (Lipinski definition) is 5. The number of ether oxygens (including phenoxy) is 1. The Morgan fingerprint density at radius 2 is 1.82 bits per heavy atom. The van der Waals surface area contributed by atoms with Gasteiger partial charge in [0.25, 0.3) is 0 Å². The van der Waals surface area contributed by atoms with Gasteiger partial charge in [-0.2, -0.15) is 0 Å². The zero-order valence-electron chi connectivity index (χ0n) is 16.4. The number of carbonyl (C=O) groups is 2. The number of rotatable bonds is 5. The summed E-state index contributed by atoms with van der Waals surface area (Å²) in [6, 6.07) is 13.2. The molecule has 0 atom stereocenters. The van der Waals surface area contributed by atoms with E-state index in [1.54, 1.807) is 22.4 Å². The van der Waals surface area contributed by atoms with Gasteiger partial charge in [-0.1, -0.05) is 35.9 Å². The Morgan fingerprint density at radius 3 is 2.50 bits per heavy atom. The molecule has 0 saturated carbocycles. The first kappa shape index (κ1) is 19.8. The minimum atomic E-state index is -0.384. The molecule has 5 nitrogen and oxygen atoms in total. The normalized spacial score (nSPS) is 10.6. The average Bonchev–Trinajstić information content (AvgIpc) is 3.10. The first-order valence-corrected chi connectivity index (χ1v) is 9.80. The third-order valence-electron chi connectivity index (χ3n) is 4.36. The van der Waals surface area contributed by atoms with Crippen molar-refractivity contribution in [3.05, 3.63) is 75.8 Å². The Hall–Kier alpha value is -2.99. The van der Waals surface area contributed by atoms with Crippen LogP contribution in [0.15, 0.2) is 47.8 Å². The van der Waals surface area contributed by atoms with E-state index in [2.05, 4.69) is 4.98 Å². The highest BCUT2D eigenvalue weighted by Gasteiger charge is 2.20. The summed E-state index contributed by atoms with van der Waals surface area (Å²) < 4.78 is 5.40. The number of aromatic nitrogens is 1. The second kappa shape index (κ2) is 8.35. The van der Waals surface area contributed by atoms with Crippen LogP contribution in [0, 0.1) is 20.8 Å². The summed E-state index contributed by atoms with van der Waals surface area (Å²) in [5.41, 5.74) is 4.95. The molecule has 144 valence electrons. The highest BCUT2D eigenvalue weighted by atomic mass is 32.1. The standard InChI is InChI=1S/C22H22N2O3S/c1-14-9-10-20(16(3)11-14)24(17(4)25)22-23-18(13-28-22)12-27-21(26)19-8-6-5-7-15(19)2/h5-11,13H,12H2,1-4H3. The minimum absolute atomic E-state index is 0.0578. The van der Waals surface area contributed by atoms with Gasteiger partial charge in [0, 0.05) is 12.3 Å². The van der Waals surface area contributed by atoms with Gasteiger partial charge in [-0.25, -0.2) is 9.78 Å². The molecule has 28 heavy (non-hydrogen) atoms. The van der Waals surface area contributed by atoms with Gasteiger partial charge >= 0.3 is 5.97 Å². The van der Waals surface area contributed by atoms with Gasteiger partial charge in [0.1, 0.15) is 6.61 Å². The molecule has 1 heterocycles. The van der Waals surface area contributed by atoms with Crippen LogP contribution < -0.4 is 4.90 Å². The largest absolute Gasteiger partial charge is 0.456 e. The molecule has 0 fully saturated rings. The smallest absolute Gasteiger partial charge is 0.338 e. The molecule has 0 radical (unpaired) electrons. The predicted octanol–water partition coefficient (Wildman–Crippen LogP) is 5.11. The van der Waals surface area contributed by atoms with Crippen LogP contribution in [0.5, 0.6) is 0 Å². The van der Waals surface area contributed by atoms with Crippen molar-refractivity contribution in [1.82, 2.24) is 4.98 Å². The predicted molar refractivity (Wildman–Crippen MR) is 111 cm³/mol. The van der Waals surface area contributed by atoms with Crippen LogP contribution in [0.4, 0.5) is 10.8 Å². The fraction of sp³-hybridized carbons (Fsp3) is 0.227. The van der Waals surface area contributed by atoms with Gasteiger partial charge in [0.05, 0.1) is 16.9 Å². The maximum absolute atomic E-state index is 12.3. The maximum atomic E-state index is 12.3. The number of thiazole rings is 1. The summed E-state index contributed by atoms with van der Waals surface area (Å²) in [4.78, 5) is 30.7. The summed E-state index contributed by atoms with van der Waals surface area (Å²) >= 11 is 1.35. The highest BCUT2D eigenvalue weighted by molar-refractivity contribution is 7.14. The number of hydrogen-bond donors (Lipinski definition) is 0. The molecule has 3 rings (SSSR count). The first-order valence-electron chi connectivity index (χ1n) is 8.92. The average molecular weight is 394 g/mol. The quantitative estimate of drug-likeness (QED) is 0.564. The molecule has 0 aliphatic heterocycles. The van der Waals surface area contributed by atoms with Crippen molar-refractivity contribution in [2.75, 3.05) is 4.90 Å². The molecule has 0 aliphatic rings. The van der Waals surface area contributed by atoms with Crippen LogP contribution in [-0.4, -0.2) is 16.9 Å². The molecule has 0 saturated heterocycles. The van der Waals surface area contributed by atoms with Crippen LogP contribution in [0.25, 0.3) is 0 Å². The Bertz CT molecular complexity index is 1030. The Kier molecular flexibility index (Phi) is 5.90. The van der Waals surface area contributed by atoms with Crippen molar-refractivity contribution in [1.29, 1.82) is 0 Å². The Balaban J connectivity index is 1.77. The molecule has 1 aromatic heterocycles. The summed E-state index contributed by atoms with van der Waals surface area (Å²) in [6.07, 6.45) is 0. The third kappa shape index (κ3) is 4.28. The van der Waals surface area contributed by atoms with E-state index in [1.165, 1.54) is 18.3 Å². The van der Waals surface area contributed by atoms with Crippen molar-refractivity contribution >= 4 is 34.0 Å². The summed E-state index contributed by atoms with van der Waals surface area (Å²) in [6.45, 7) is 7.42. The molecule has 0 unspecified atom stereocenters. The van der Waals surface area contributed by atoms with E-state index in [4.69, 9.17) is 4.74 Å². The molecule has 1 amide bonds. The summed E-state index contributed by atoms with van der Waals surface area (Å²) in [7, 11) is 0. The third-order valence-corrected chi connectivity index (χ3v) is 5.23. The fourth-order valence-electron chi connectivity index (χ4n) is 2.95. The van der Waals surface area contributed by atoms with E-state index in [0.717, 1.165) is 22.4 Å². The van der Waals surface area contributed by atoms with Crippen LogP contribution in [-0.2, 0) is 16.1 Å². The number of esters is 1. The van der Waals surface area contributed by atoms with Crippen LogP contribution in [0.2, 0.25) is 0 Å². The van der Waals surface area contributed by atoms with Gasteiger partial charge in [0.15, 0.2) is 5.13 Å². The number of amides is 1. The SMILES string of the molecule is CC(=O)N(c1nc(COC(=O)c2ccccc2C)cs1)c1ccc(C)cc1C. The van der Waals surface area contributed by atoms with Crippen LogP contribution in [0.1, 0.15) is 39.7 Å². The zero-order chi connectivity index (χ0) is 20.3. The molecule has 0 spiro atoms. The van der Waals surface area contributed by atoms with Gasteiger partial charge in [-0.15, -0.1) is 11.3 Å². The van der Waals surface area contributed by atoms with E-state index in [-0.39, 0.29) is 18.5 Å². The second-order valence-electron chi connectivity index (χ2n) is 6.66. The molecule has 0 bridgehead atoms. The van der Waals surface area contributed by atoms with Gasteiger partial charge < -0.3 is 4.74 Å². The number of nitrogens with zero attached hydrogens (tertiary/aromatic N) is 2. The lowest BCUT2D eigenvalue weighted by Crippen LogP contribution is -2.23. The zero-order valence-corrected chi connectivity index (χ0v) is 17.2. The Morgan fingerprint density at radius 1 is 1.07 bits per heavy atom. The molecule has 6 heteroatoms. The van der Waals surface area contributed by atoms with Crippen LogP contribution >= 0.6 is 11.3 Å². The van der Waals surface area contributed by atoms with Gasteiger partial charge in [0.2, 0.25) is 5.91 Å². The maximum Gasteiger partial charge on any atom is 0.338 e. The van der Waals surface area contributed by atoms with Gasteiger partial charge in [-0.3, -0.25) is 9.69 Å². The number of anilines is 2. The van der Waals surface area contributed by atoms with Crippen molar-refractivity contribution in [3.8, 4) is 0 Å². The minimum Gasteiger partial charge on any atom is -0.456 e. The molecule has 0 aliphatic carbocycles. The number of benzene rings is 2. The van der Waals surface area contributed by atoms with Crippen molar-refractivity contribution in [2.45, 2.75) is 34.3 Å². The lowest BCUT2D eigenvalue weighted by Gasteiger charge is -2.20. The van der Waals surface area contributed by atoms with E-state index >= 15 is 0 Å². The monoisotopic (exact) mass is 394 g/mol. The second-order valence-corrected chi connectivity index (χ2v) is 7.49. The molecular weight excluding hydrogens is 372 g/mol. The van der Waals surface area contributed by atoms with Crippen molar-refractivity contribution < 1.29 is 14.3 Å². The lowest BCUT2D eigenvalue weighted by molar-refractivity contribution is -0.115. The fourth-order valence-corrected chi connectivity index (χ4v) is 3.81. The van der Waals surface area contributed by atoms with E-state index in [1.807, 2.05) is 51.1 Å². The number of carbonyl (C=O) groups excluding carboxylic acids is 2. The summed E-state index contributed by atoms with van der Waals surface area (Å²) in [5.74, 6) is -0.504. The molecule has 3 aromatic rings. The van der Waals surface area contributed by atoms with Crippen molar-refractivity contribution in [3.63, 3.8) is 0 Å². The lowest BCUT2D eigenvalue weighted by atomic mass is 10.1. The first-order chi connectivity index (χ1) is 13.4. The van der Waals surface area contributed by atoms with Crippen LogP contribution in [0.3, 0.4) is 0 Å². The van der Waals surface area contributed by atoms with E-state index in [9.17, 15) is 9.59 Å². The molecule has 2 aromatic carbocycles. The molecular formula is C22H22N2O3S.